The van der Waals surface area contributed by atoms with Gasteiger partial charge in [-0.2, -0.15) is 0 Å². The molecule has 0 amide bonds. The Bertz CT molecular complexity index is 860. The third-order valence-corrected chi connectivity index (χ3v) is 4.59. The van der Waals surface area contributed by atoms with Crippen LogP contribution in [0.3, 0.4) is 0 Å². The number of hydrogen-bond donors (Lipinski definition) is 1. The van der Waals surface area contributed by atoms with Crippen molar-refractivity contribution in [2.75, 3.05) is 29.9 Å². The second-order valence-corrected chi connectivity index (χ2v) is 6.30. The van der Waals surface area contributed by atoms with Crippen molar-refractivity contribution in [3.8, 4) is 11.4 Å². The monoisotopic (exact) mass is 361 g/mol. The van der Waals surface area contributed by atoms with Gasteiger partial charge in [0.2, 0.25) is 0 Å². The molecule has 0 fully saturated rings. The fraction of sp³-hybridized carbons (Fsp3) is 0.318. The van der Waals surface area contributed by atoms with Gasteiger partial charge in [0.15, 0.2) is 11.6 Å². The fourth-order valence-corrected chi connectivity index (χ4v) is 3.21. The first kappa shape index (κ1) is 18.8. The molecule has 0 spiro atoms. The van der Waals surface area contributed by atoms with E-state index in [1.54, 1.807) is 0 Å². The van der Waals surface area contributed by atoms with Crippen LogP contribution in [0.5, 0.6) is 0 Å². The molecule has 0 unspecified atom stereocenters. The number of nitrogens with one attached hydrogen (secondary N) is 1. The van der Waals surface area contributed by atoms with Gasteiger partial charge in [-0.1, -0.05) is 48.5 Å². The predicted molar refractivity (Wildman–Crippen MR) is 112 cm³/mol. The highest BCUT2D eigenvalue weighted by Crippen LogP contribution is 2.25. The molecule has 1 N–H and O–H groups in total. The lowest BCUT2D eigenvalue weighted by Crippen LogP contribution is -2.23. The summed E-state index contributed by atoms with van der Waals surface area (Å²) in [5.74, 6) is 1.42. The number of anilines is 2. The van der Waals surface area contributed by atoms with Crippen LogP contribution in [0.2, 0.25) is 0 Å². The average molecular weight is 361 g/mol. The lowest BCUT2D eigenvalue weighted by atomic mass is 10.1. The summed E-state index contributed by atoms with van der Waals surface area (Å²) in [5, 5.41) is 12.0. The van der Waals surface area contributed by atoms with Gasteiger partial charge in [0.25, 0.3) is 0 Å². The molecule has 0 aliphatic heterocycles. The Labute approximate surface area is 161 Å². The summed E-state index contributed by atoms with van der Waals surface area (Å²) in [4.78, 5) is 7.22. The van der Waals surface area contributed by atoms with E-state index in [-0.39, 0.29) is 0 Å². The van der Waals surface area contributed by atoms with Gasteiger partial charge in [-0.25, -0.2) is 4.98 Å². The highest BCUT2D eigenvalue weighted by molar-refractivity contribution is 5.59. The van der Waals surface area contributed by atoms with E-state index in [9.17, 15) is 0 Å². The van der Waals surface area contributed by atoms with Crippen molar-refractivity contribution >= 4 is 11.5 Å². The summed E-state index contributed by atoms with van der Waals surface area (Å²) < 4.78 is 0. The van der Waals surface area contributed by atoms with Gasteiger partial charge < -0.3 is 10.2 Å². The molecule has 3 rings (SSSR count). The molecule has 0 saturated carbocycles. The van der Waals surface area contributed by atoms with Gasteiger partial charge in [-0.3, -0.25) is 0 Å². The van der Waals surface area contributed by atoms with Crippen molar-refractivity contribution in [1.82, 2.24) is 15.2 Å². The summed E-state index contributed by atoms with van der Waals surface area (Å²) in [6.07, 6.45) is 0.713. The second kappa shape index (κ2) is 9.12. The van der Waals surface area contributed by atoms with Crippen LogP contribution >= 0.6 is 0 Å². The van der Waals surface area contributed by atoms with Crippen LogP contribution in [-0.2, 0) is 6.42 Å². The zero-order valence-corrected chi connectivity index (χ0v) is 16.3. The number of rotatable bonds is 8. The van der Waals surface area contributed by atoms with E-state index in [4.69, 9.17) is 4.98 Å². The van der Waals surface area contributed by atoms with Crippen LogP contribution in [0.1, 0.15) is 32.0 Å². The van der Waals surface area contributed by atoms with Crippen molar-refractivity contribution in [3.63, 3.8) is 0 Å². The highest BCUT2D eigenvalue weighted by Gasteiger charge is 2.14. The summed E-state index contributed by atoms with van der Waals surface area (Å²) in [6, 6.07) is 18.5. The summed E-state index contributed by atoms with van der Waals surface area (Å²) in [7, 11) is 0. The minimum atomic E-state index is 0.660. The van der Waals surface area contributed by atoms with Crippen molar-refractivity contribution in [1.29, 1.82) is 0 Å². The molecule has 5 nitrogen and oxygen atoms in total. The Morgan fingerprint density at radius 2 is 1.56 bits per heavy atom. The molecule has 2 aromatic carbocycles. The standard InChI is InChI=1S/C22H27N5/c1-4-23-22-19(24-21(25-26-22)17-12-8-7-9-13-17)16-18-14-10-11-15-20(18)27(5-2)6-3/h7-15H,4-6,16H2,1-3H3,(H,23,26). The molecular formula is C22H27N5. The lowest BCUT2D eigenvalue weighted by Gasteiger charge is -2.24. The molecule has 0 atom stereocenters. The maximum atomic E-state index is 4.85. The minimum absolute atomic E-state index is 0.660. The number of aromatic nitrogens is 3. The Morgan fingerprint density at radius 1 is 0.852 bits per heavy atom. The van der Waals surface area contributed by atoms with E-state index >= 15 is 0 Å². The van der Waals surface area contributed by atoms with Crippen molar-refractivity contribution in [2.24, 2.45) is 0 Å². The maximum Gasteiger partial charge on any atom is 0.182 e. The van der Waals surface area contributed by atoms with E-state index in [2.05, 4.69) is 65.5 Å². The van der Waals surface area contributed by atoms with Crippen LogP contribution in [0, 0.1) is 0 Å². The second-order valence-electron chi connectivity index (χ2n) is 6.30. The number of nitrogens with zero attached hydrogens (tertiary/aromatic N) is 4. The van der Waals surface area contributed by atoms with Crippen LogP contribution in [-0.4, -0.2) is 34.8 Å². The van der Waals surface area contributed by atoms with E-state index in [0.29, 0.717) is 12.2 Å². The molecule has 3 aromatic rings. The third kappa shape index (κ3) is 4.42. The number of benzene rings is 2. The normalized spacial score (nSPS) is 10.6. The Morgan fingerprint density at radius 3 is 2.26 bits per heavy atom. The largest absolute Gasteiger partial charge is 0.372 e. The molecular weight excluding hydrogens is 334 g/mol. The van der Waals surface area contributed by atoms with E-state index in [1.165, 1.54) is 11.3 Å². The summed E-state index contributed by atoms with van der Waals surface area (Å²) >= 11 is 0. The number of hydrogen-bond acceptors (Lipinski definition) is 5. The smallest absolute Gasteiger partial charge is 0.182 e. The van der Waals surface area contributed by atoms with Gasteiger partial charge in [-0.05, 0) is 32.4 Å². The first-order chi connectivity index (χ1) is 13.3. The Hall–Kier alpha value is -2.95. The molecule has 0 aliphatic carbocycles. The summed E-state index contributed by atoms with van der Waals surface area (Å²) in [6.45, 7) is 9.16. The Balaban J connectivity index is 2.01. The number of para-hydroxylation sites is 1. The molecule has 0 bridgehead atoms. The predicted octanol–water partition coefficient (Wildman–Crippen LogP) is 4.41. The van der Waals surface area contributed by atoms with E-state index in [1.807, 2.05) is 30.3 Å². The molecule has 5 heteroatoms. The SMILES string of the molecule is CCNc1nnc(-c2ccccc2)nc1Cc1ccccc1N(CC)CC. The molecule has 0 aliphatic rings. The van der Waals surface area contributed by atoms with Crippen LogP contribution in [0.25, 0.3) is 11.4 Å². The maximum absolute atomic E-state index is 4.85. The average Bonchev–Trinajstić information content (AvgIpc) is 2.72. The fourth-order valence-electron chi connectivity index (χ4n) is 3.21. The lowest BCUT2D eigenvalue weighted by molar-refractivity contribution is 0.853. The topological polar surface area (TPSA) is 53.9 Å². The molecule has 140 valence electrons. The van der Waals surface area contributed by atoms with Crippen molar-refractivity contribution in [2.45, 2.75) is 27.2 Å². The Kier molecular flexibility index (Phi) is 6.36. The zero-order chi connectivity index (χ0) is 19.1. The molecule has 0 saturated heterocycles. The van der Waals surface area contributed by atoms with Gasteiger partial charge in [-0.15, -0.1) is 10.2 Å². The van der Waals surface area contributed by atoms with Gasteiger partial charge in [0.05, 0.1) is 5.69 Å². The van der Waals surface area contributed by atoms with Crippen LogP contribution < -0.4 is 10.2 Å². The van der Waals surface area contributed by atoms with Crippen LogP contribution in [0.15, 0.2) is 54.6 Å². The van der Waals surface area contributed by atoms with E-state index < -0.39 is 0 Å². The molecule has 27 heavy (non-hydrogen) atoms. The van der Waals surface area contributed by atoms with Gasteiger partial charge in [0.1, 0.15) is 0 Å². The molecule has 0 radical (unpaired) electrons. The van der Waals surface area contributed by atoms with Crippen molar-refractivity contribution in [3.05, 3.63) is 65.9 Å². The quantitative estimate of drug-likeness (QED) is 0.644. The first-order valence-corrected chi connectivity index (χ1v) is 9.62. The van der Waals surface area contributed by atoms with E-state index in [0.717, 1.165) is 36.7 Å². The van der Waals surface area contributed by atoms with Gasteiger partial charge in [0, 0.05) is 37.3 Å². The zero-order valence-electron chi connectivity index (χ0n) is 16.3. The van der Waals surface area contributed by atoms with Gasteiger partial charge >= 0.3 is 0 Å². The summed E-state index contributed by atoms with van der Waals surface area (Å²) in [5.41, 5.74) is 4.40. The highest BCUT2D eigenvalue weighted by atomic mass is 15.2. The minimum Gasteiger partial charge on any atom is -0.372 e. The first-order valence-electron chi connectivity index (χ1n) is 9.62. The molecule has 1 heterocycles. The third-order valence-electron chi connectivity index (χ3n) is 4.59. The van der Waals surface area contributed by atoms with Crippen LogP contribution in [0.4, 0.5) is 11.5 Å². The van der Waals surface area contributed by atoms with Crippen molar-refractivity contribution < 1.29 is 0 Å². The molecule has 1 aromatic heterocycles.